The van der Waals surface area contributed by atoms with E-state index in [1.54, 1.807) is 18.4 Å². The van der Waals surface area contributed by atoms with Crippen LogP contribution >= 0.6 is 0 Å². The van der Waals surface area contributed by atoms with Gasteiger partial charge in [0.2, 0.25) is 15.9 Å². The van der Waals surface area contributed by atoms with Crippen molar-refractivity contribution in [3.8, 4) is 0 Å². The minimum absolute atomic E-state index is 0.154. The molecule has 1 amide bonds. The number of benzene rings is 2. The Morgan fingerprint density at radius 1 is 1.09 bits per heavy atom. The van der Waals surface area contributed by atoms with Gasteiger partial charge in [-0.3, -0.25) is 4.79 Å². The summed E-state index contributed by atoms with van der Waals surface area (Å²) in [6.07, 6.45) is 1.48. The topological polar surface area (TPSA) is 88.9 Å². The molecule has 2 heterocycles. The van der Waals surface area contributed by atoms with Crippen LogP contribution in [0.4, 0.5) is 5.69 Å². The summed E-state index contributed by atoms with van der Waals surface area (Å²) in [5.41, 5.74) is 4.31. The zero-order valence-corrected chi connectivity index (χ0v) is 19.5. The summed E-state index contributed by atoms with van der Waals surface area (Å²) in [7, 11) is -3.62. The molecule has 7 nitrogen and oxygen atoms in total. The number of sulfonamides is 1. The smallest absolute Gasteiger partial charge is 0.243 e. The molecule has 1 aliphatic heterocycles. The highest BCUT2D eigenvalue weighted by Crippen LogP contribution is 2.27. The molecule has 1 fully saturated rings. The molecule has 2 atom stereocenters. The summed E-state index contributed by atoms with van der Waals surface area (Å²) >= 11 is 0. The van der Waals surface area contributed by atoms with Crippen molar-refractivity contribution in [1.82, 2.24) is 4.31 Å². The van der Waals surface area contributed by atoms with E-state index in [-0.39, 0.29) is 29.4 Å². The second-order valence-electron chi connectivity index (χ2n) is 8.54. The first-order valence-electron chi connectivity index (χ1n) is 10.7. The van der Waals surface area contributed by atoms with Crippen molar-refractivity contribution in [3.63, 3.8) is 0 Å². The first kappa shape index (κ1) is 22.5. The van der Waals surface area contributed by atoms with Gasteiger partial charge in [0.15, 0.2) is 0 Å². The monoisotopic (exact) mass is 456 g/mol. The zero-order chi connectivity index (χ0) is 23.0. The SMILES string of the molecule is Cc1cc(C)c2c(CC(=O)Nc3ccc(S(=O)(=O)N4C[C@H](C)O[C@@H](C)C4)cc3)coc2c1. The normalized spacial score (nSPS) is 19.9. The summed E-state index contributed by atoms with van der Waals surface area (Å²) in [4.78, 5) is 12.8. The molecule has 1 aliphatic rings. The number of fused-ring (bicyclic) bond motifs is 1. The second-order valence-corrected chi connectivity index (χ2v) is 10.5. The highest BCUT2D eigenvalue weighted by Gasteiger charge is 2.32. The number of amides is 1. The van der Waals surface area contributed by atoms with Gasteiger partial charge >= 0.3 is 0 Å². The van der Waals surface area contributed by atoms with E-state index in [9.17, 15) is 13.2 Å². The number of hydrogen-bond acceptors (Lipinski definition) is 5. The molecule has 0 radical (unpaired) electrons. The fraction of sp³-hybridized carbons (Fsp3) is 0.375. The number of morpholine rings is 1. The van der Waals surface area contributed by atoms with Crippen LogP contribution in [0, 0.1) is 13.8 Å². The van der Waals surface area contributed by atoms with E-state index in [2.05, 4.69) is 11.4 Å². The first-order chi connectivity index (χ1) is 15.1. The van der Waals surface area contributed by atoms with Gasteiger partial charge in [-0.1, -0.05) is 6.07 Å². The summed E-state index contributed by atoms with van der Waals surface area (Å²) in [5.74, 6) is -0.195. The first-order valence-corrected chi connectivity index (χ1v) is 12.1. The van der Waals surface area contributed by atoms with Crippen molar-refractivity contribution >= 4 is 32.6 Å². The van der Waals surface area contributed by atoms with Crippen molar-refractivity contribution in [3.05, 3.63) is 59.4 Å². The van der Waals surface area contributed by atoms with Crippen LogP contribution in [0.15, 0.2) is 52.0 Å². The summed E-state index contributed by atoms with van der Waals surface area (Å²) in [6, 6.07) is 10.3. The Morgan fingerprint density at radius 2 is 1.75 bits per heavy atom. The van der Waals surface area contributed by atoms with Crippen molar-refractivity contribution in [2.24, 2.45) is 0 Å². The molecule has 3 aromatic rings. The standard InChI is InChI=1S/C24H28N2O5S/c1-15-9-16(2)24-19(14-30-22(24)10-15)11-23(27)25-20-5-7-21(8-6-20)32(28,29)26-12-17(3)31-18(4)13-26/h5-10,14,17-18H,11-13H2,1-4H3,(H,25,27)/t17-,18-/m0/s1. The average Bonchev–Trinajstić information content (AvgIpc) is 3.10. The number of rotatable bonds is 5. The maximum absolute atomic E-state index is 13.0. The average molecular weight is 457 g/mol. The minimum atomic E-state index is -3.62. The van der Waals surface area contributed by atoms with Crippen LogP contribution < -0.4 is 5.32 Å². The Labute approximate surface area is 188 Å². The number of ether oxygens (including phenoxy) is 1. The fourth-order valence-corrected chi connectivity index (χ4v) is 5.91. The summed E-state index contributed by atoms with van der Waals surface area (Å²) in [6.45, 7) is 8.38. The van der Waals surface area contributed by atoms with Crippen LogP contribution in [0.3, 0.4) is 0 Å². The highest BCUT2D eigenvalue weighted by molar-refractivity contribution is 7.89. The lowest BCUT2D eigenvalue weighted by atomic mass is 10.0. The lowest BCUT2D eigenvalue weighted by molar-refractivity contribution is -0.115. The Balaban J connectivity index is 1.45. The number of carbonyl (C=O) groups excluding carboxylic acids is 1. The van der Waals surface area contributed by atoms with Crippen LogP contribution in [-0.2, 0) is 26.0 Å². The van der Waals surface area contributed by atoms with Crippen molar-refractivity contribution in [2.45, 2.75) is 51.2 Å². The Hall–Kier alpha value is -2.68. The number of anilines is 1. The largest absolute Gasteiger partial charge is 0.464 e. The van der Waals surface area contributed by atoms with Gasteiger partial charge in [0.25, 0.3) is 0 Å². The number of hydrogen-bond donors (Lipinski definition) is 1. The molecule has 32 heavy (non-hydrogen) atoms. The van der Waals surface area contributed by atoms with Gasteiger partial charge < -0.3 is 14.5 Å². The molecule has 170 valence electrons. The van der Waals surface area contributed by atoms with Gasteiger partial charge in [-0.15, -0.1) is 0 Å². The van der Waals surface area contributed by atoms with Crippen LogP contribution in [-0.4, -0.2) is 43.9 Å². The van der Waals surface area contributed by atoms with E-state index in [0.29, 0.717) is 18.8 Å². The van der Waals surface area contributed by atoms with Crippen molar-refractivity contribution in [2.75, 3.05) is 18.4 Å². The van der Waals surface area contributed by atoms with Crippen LogP contribution in [0.2, 0.25) is 0 Å². The predicted molar refractivity (Wildman–Crippen MR) is 123 cm³/mol. The molecule has 0 aliphatic carbocycles. The second kappa shape index (κ2) is 8.69. The number of nitrogens with one attached hydrogen (secondary N) is 1. The number of nitrogens with zero attached hydrogens (tertiary/aromatic N) is 1. The van der Waals surface area contributed by atoms with E-state index < -0.39 is 10.0 Å². The molecule has 0 saturated carbocycles. The van der Waals surface area contributed by atoms with Gasteiger partial charge in [0.1, 0.15) is 5.58 Å². The molecule has 0 unspecified atom stereocenters. The molecule has 0 spiro atoms. The van der Waals surface area contributed by atoms with Gasteiger partial charge in [0.05, 0.1) is 29.8 Å². The van der Waals surface area contributed by atoms with Gasteiger partial charge in [0, 0.05) is 29.7 Å². The molecular weight excluding hydrogens is 428 g/mol. The maximum atomic E-state index is 13.0. The third kappa shape index (κ3) is 4.57. The zero-order valence-electron chi connectivity index (χ0n) is 18.7. The van der Waals surface area contributed by atoms with Crippen molar-refractivity contribution in [1.29, 1.82) is 0 Å². The number of carbonyl (C=O) groups is 1. The number of furan rings is 1. The van der Waals surface area contributed by atoms with E-state index in [1.807, 2.05) is 33.8 Å². The van der Waals surface area contributed by atoms with E-state index in [1.165, 1.54) is 16.4 Å². The Kier molecular flexibility index (Phi) is 6.11. The summed E-state index contributed by atoms with van der Waals surface area (Å²) < 4.78 is 38.7. The third-order valence-corrected chi connectivity index (χ3v) is 7.45. The molecule has 1 aromatic heterocycles. The predicted octanol–water partition coefficient (Wildman–Crippen LogP) is 4.03. The van der Waals surface area contributed by atoms with Crippen LogP contribution in [0.1, 0.15) is 30.5 Å². The lowest BCUT2D eigenvalue weighted by Crippen LogP contribution is -2.48. The lowest BCUT2D eigenvalue weighted by Gasteiger charge is -2.34. The quantitative estimate of drug-likeness (QED) is 0.626. The van der Waals surface area contributed by atoms with Crippen molar-refractivity contribution < 1.29 is 22.4 Å². The van der Waals surface area contributed by atoms with Gasteiger partial charge in [-0.2, -0.15) is 4.31 Å². The molecule has 1 saturated heterocycles. The maximum Gasteiger partial charge on any atom is 0.243 e. The molecule has 4 rings (SSSR count). The molecule has 8 heteroatoms. The highest BCUT2D eigenvalue weighted by atomic mass is 32.2. The Bertz CT molecular complexity index is 1240. The molecule has 1 N–H and O–H groups in total. The minimum Gasteiger partial charge on any atom is -0.464 e. The Morgan fingerprint density at radius 3 is 2.41 bits per heavy atom. The molecular formula is C24H28N2O5S. The molecule has 0 bridgehead atoms. The van der Waals surface area contributed by atoms with Gasteiger partial charge in [-0.25, -0.2) is 8.42 Å². The fourth-order valence-electron chi connectivity index (χ4n) is 4.32. The number of aryl methyl sites for hydroxylation is 2. The van der Waals surface area contributed by atoms with Gasteiger partial charge in [-0.05, 0) is 69.2 Å². The third-order valence-electron chi connectivity index (χ3n) is 5.61. The van der Waals surface area contributed by atoms with E-state index >= 15 is 0 Å². The van der Waals surface area contributed by atoms with E-state index in [0.717, 1.165) is 27.7 Å². The summed E-state index contributed by atoms with van der Waals surface area (Å²) in [5, 5.41) is 3.80. The molecule has 2 aromatic carbocycles. The van der Waals surface area contributed by atoms with E-state index in [4.69, 9.17) is 9.15 Å². The van der Waals surface area contributed by atoms with Crippen LogP contribution in [0.25, 0.3) is 11.0 Å². The van der Waals surface area contributed by atoms with Crippen LogP contribution in [0.5, 0.6) is 0 Å².